The highest BCUT2D eigenvalue weighted by Gasteiger charge is 2.17. The zero-order chi connectivity index (χ0) is 34.4. The minimum Gasteiger partial charge on any atom is -0.310 e. The number of nitrogens with zero attached hydrogens (tertiary/aromatic N) is 1. The molecular weight excluding hydrogens is 647 g/mol. The highest BCUT2D eigenvalue weighted by Crippen LogP contribution is 2.43. The fraction of sp³-hybridized carbons (Fsp3) is 0. The number of benzene rings is 9. The van der Waals surface area contributed by atoms with Gasteiger partial charge in [-0.1, -0.05) is 152 Å². The Kier molecular flexibility index (Phi) is 7.41. The summed E-state index contributed by atoms with van der Waals surface area (Å²) in [6.07, 6.45) is 0. The number of anilines is 3. The Morgan fingerprint density at radius 2 is 0.885 bits per heavy atom. The van der Waals surface area contributed by atoms with E-state index >= 15 is 0 Å². The summed E-state index contributed by atoms with van der Waals surface area (Å²) in [5.74, 6) is 0. The van der Waals surface area contributed by atoms with E-state index in [-0.39, 0.29) is 0 Å². The molecule has 0 unspecified atom stereocenters. The van der Waals surface area contributed by atoms with E-state index in [1.807, 2.05) is 11.3 Å². The molecule has 1 aromatic heterocycles. The van der Waals surface area contributed by atoms with Crippen LogP contribution < -0.4 is 4.90 Å². The molecular formula is C50H33NS. The summed E-state index contributed by atoms with van der Waals surface area (Å²) >= 11 is 1.88. The SMILES string of the molecule is c1cc(-c2ccc3ccccc3c2)cc(N(c2ccc(-c3cccc4ccccc34)cc2)c2cccc(-c3cccc4c3sc3ccccc34)c2)c1. The van der Waals surface area contributed by atoms with Crippen molar-refractivity contribution in [1.82, 2.24) is 0 Å². The molecule has 0 atom stereocenters. The molecule has 0 aliphatic carbocycles. The Labute approximate surface area is 307 Å². The molecule has 0 N–H and O–H groups in total. The van der Waals surface area contributed by atoms with Crippen LogP contribution in [0, 0.1) is 0 Å². The summed E-state index contributed by atoms with van der Waals surface area (Å²) in [5, 5.41) is 7.64. The van der Waals surface area contributed by atoms with Gasteiger partial charge in [0.15, 0.2) is 0 Å². The lowest BCUT2D eigenvalue weighted by molar-refractivity contribution is 1.28. The molecule has 10 aromatic rings. The summed E-state index contributed by atoms with van der Waals surface area (Å²) in [7, 11) is 0. The Bertz CT molecular complexity index is 2910. The van der Waals surface area contributed by atoms with Gasteiger partial charge in [-0.15, -0.1) is 11.3 Å². The molecule has 2 heteroatoms. The van der Waals surface area contributed by atoms with Crippen molar-refractivity contribution < 1.29 is 0 Å². The fourth-order valence-electron chi connectivity index (χ4n) is 7.69. The normalized spacial score (nSPS) is 11.5. The van der Waals surface area contributed by atoms with Crippen molar-refractivity contribution in [3.8, 4) is 33.4 Å². The van der Waals surface area contributed by atoms with Crippen molar-refractivity contribution in [3.05, 3.63) is 200 Å². The minimum atomic E-state index is 1.11. The standard InChI is InChI=1S/C50H33NS/c1-2-13-37-31-39(26-25-34(37)11-1)38-15-7-17-42(32-38)51(41-29-27-36(28-30-41)45-21-9-14-35-12-3-4-19-44(35)45)43-18-8-16-40(33-43)46-22-10-23-48-47-20-5-6-24-49(47)52-50(46)48/h1-33H. The molecule has 10 rings (SSSR count). The van der Waals surface area contributed by atoms with Crippen LogP contribution in [0.3, 0.4) is 0 Å². The van der Waals surface area contributed by atoms with Gasteiger partial charge in [0.2, 0.25) is 0 Å². The second-order valence-electron chi connectivity index (χ2n) is 13.4. The van der Waals surface area contributed by atoms with Crippen molar-refractivity contribution in [2.75, 3.05) is 4.90 Å². The van der Waals surface area contributed by atoms with Gasteiger partial charge in [-0.3, -0.25) is 0 Å². The summed E-state index contributed by atoms with van der Waals surface area (Å²) in [5.41, 5.74) is 10.6. The first-order valence-corrected chi connectivity index (χ1v) is 18.6. The highest BCUT2D eigenvalue weighted by atomic mass is 32.1. The molecule has 9 aromatic carbocycles. The van der Waals surface area contributed by atoms with Crippen molar-refractivity contribution in [1.29, 1.82) is 0 Å². The molecule has 0 spiro atoms. The number of fused-ring (bicyclic) bond motifs is 5. The monoisotopic (exact) mass is 679 g/mol. The number of rotatable bonds is 6. The average Bonchev–Trinajstić information content (AvgIpc) is 3.60. The van der Waals surface area contributed by atoms with Gasteiger partial charge in [-0.25, -0.2) is 0 Å². The van der Waals surface area contributed by atoms with Gasteiger partial charge in [0.25, 0.3) is 0 Å². The van der Waals surface area contributed by atoms with Gasteiger partial charge in [-0.05, 0) is 103 Å². The van der Waals surface area contributed by atoms with Gasteiger partial charge < -0.3 is 4.90 Å². The lowest BCUT2D eigenvalue weighted by atomic mass is 9.97. The molecule has 0 saturated carbocycles. The van der Waals surface area contributed by atoms with Gasteiger partial charge in [0.05, 0.1) is 0 Å². The van der Waals surface area contributed by atoms with E-state index < -0.39 is 0 Å². The van der Waals surface area contributed by atoms with Gasteiger partial charge in [0, 0.05) is 37.2 Å². The second-order valence-corrected chi connectivity index (χ2v) is 14.4. The van der Waals surface area contributed by atoms with Crippen LogP contribution in [0.4, 0.5) is 17.1 Å². The Hall–Kier alpha value is -6.48. The van der Waals surface area contributed by atoms with Gasteiger partial charge in [-0.2, -0.15) is 0 Å². The van der Waals surface area contributed by atoms with Crippen LogP contribution in [0.15, 0.2) is 200 Å². The topological polar surface area (TPSA) is 3.24 Å². The molecule has 0 saturated heterocycles. The summed E-state index contributed by atoms with van der Waals surface area (Å²) in [6.45, 7) is 0. The van der Waals surface area contributed by atoms with E-state index in [1.165, 1.54) is 75.1 Å². The summed E-state index contributed by atoms with van der Waals surface area (Å²) in [6, 6.07) is 73.0. The maximum atomic E-state index is 2.39. The minimum absolute atomic E-state index is 1.11. The van der Waals surface area contributed by atoms with Crippen LogP contribution in [-0.2, 0) is 0 Å². The third-order valence-corrected chi connectivity index (χ3v) is 11.5. The van der Waals surface area contributed by atoms with Crippen molar-refractivity contribution in [3.63, 3.8) is 0 Å². The highest BCUT2D eigenvalue weighted by molar-refractivity contribution is 7.26. The first-order chi connectivity index (χ1) is 25.8. The molecule has 52 heavy (non-hydrogen) atoms. The Morgan fingerprint density at radius 3 is 1.73 bits per heavy atom. The Morgan fingerprint density at radius 1 is 0.308 bits per heavy atom. The van der Waals surface area contributed by atoms with E-state index in [0.717, 1.165) is 17.1 Å². The summed E-state index contributed by atoms with van der Waals surface area (Å²) in [4.78, 5) is 2.39. The molecule has 0 radical (unpaired) electrons. The first kappa shape index (κ1) is 30.4. The van der Waals surface area contributed by atoms with Crippen LogP contribution in [0.5, 0.6) is 0 Å². The predicted molar refractivity (Wildman–Crippen MR) is 225 cm³/mol. The maximum Gasteiger partial charge on any atom is 0.0467 e. The summed E-state index contributed by atoms with van der Waals surface area (Å²) < 4.78 is 2.64. The third-order valence-electron chi connectivity index (χ3n) is 10.2. The van der Waals surface area contributed by atoms with Crippen molar-refractivity contribution in [2.45, 2.75) is 0 Å². The van der Waals surface area contributed by atoms with Gasteiger partial charge in [0.1, 0.15) is 0 Å². The van der Waals surface area contributed by atoms with Gasteiger partial charge >= 0.3 is 0 Å². The van der Waals surface area contributed by atoms with Crippen LogP contribution >= 0.6 is 11.3 Å². The van der Waals surface area contributed by atoms with E-state index in [2.05, 4.69) is 205 Å². The predicted octanol–water partition coefficient (Wildman–Crippen LogP) is 14.8. The quantitative estimate of drug-likeness (QED) is 0.169. The van der Waals surface area contributed by atoms with E-state index in [4.69, 9.17) is 0 Å². The zero-order valence-corrected chi connectivity index (χ0v) is 29.2. The maximum absolute atomic E-state index is 2.39. The number of thiophene rings is 1. The molecule has 244 valence electrons. The molecule has 1 heterocycles. The second kappa shape index (κ2) is 12.7. The molecule has 0 fully saturated rings. The third kappa shape index (κ3) is 5.33. The zero-order valence-electron chi connectivity index (χ0n) is 28.4. The lowest BCUT2D eigenvalue weighted by Crippen LogP contribution is -2.10. The number of hydrogen-bond acceptors (Lipinski definition) is 2. The smallest absolute Gasteiger partial charge is 0.0467 e. The molecule has 0 aliphatic heterocycles. The van der Waals surface area contributed by atoms with Crippen LogP contribution in [0.2, 0.25) is 0 Å². The van der Waals surface area contributed by atoms with Crippen LogP contribution in [0.1, 0.15) is 0 Å². The van der Waals surface area contributed by atoms with E-state index in [1.54, 1.807) is 0 Å². The fourth-order valence-corrected chi connectivity index (χ4v) is 8.93. The van der Waals surface area contributed by atoms with E-state index in [9.17, 15) is 0 Å². The lowest BCUT2D eigenvalue weighted by Gasteiger charge is -2.27. The van der Waals surface area contributed by atoms with Crippen LogP contribution in [-0.4, -0.2) is 0 Å². The largest absolute Gasteiger partial charge is 0.310 e. The Balaban J connectivity index is 1.12. The molecule has 1 nitrogen and oxygen atoms in total. The van der Waals surface area contributed by atoms with E-state index in [0.29, 0.717) is 0 Å². The molecule has 0 bridgehead atoms. The average molecular weight is 680 g/mol. The molecule has 0 aliphatic rings. The van der Waals surface area contributed by atoms with Crippen molar-refractivity contribution >= 4 is 70.1 Å². The van der Waals surface area contributed by atoms with Crippen LogP contribution in [0.25, 0.3) is 75.1 Å². The van der Waals surface area contributed by atoms with Crippen molar-refractivity contribution in [2.24, 2.45) is 0 Å². The first-order valence-electron chi connectivity index (χ1n) is 17.8. The molecule has 0 amide bonds. The number of hydrogen-bond donors (Lipinski definition) is 0.